The minimum atomic E-state index is -2.08. The molecule has 1 aromatic rings. The number of nitrogen functional groups attached to an aromatic ring is 1. The standard InChI is InChI=1S/C8H6Cl3FN2O/c9-8(10,11)7(15)14-6-2-1-4(12)3-5(6)13/h1-3H,13H2,(H,14,15). The Balaban J connectivity index is 2.87. The molecule has 0 aromatic heterocycles. The maximum atomic E-state index is 12.6. The first-order chi connectivity index (χ1) is 6.80. The smallest absolute Gasteiger partial charge is 0.276 e. The quantitative estimate of drug-likeness (QED) is 0.609. The highest BCUT2D eigenvalue weighted by molar-refractivity contribution is 6.76. The Kier molecular flexibility index (Phi) is 3.65. The van der Waals surface area contributed by atoms with Crippen molar-refractivity contribution in [2.24, 2.45) is 0 Å². The van der Waals surface area contributed by atoms with Gasteiger partial charge in [-0.15, -0.1) is 0 Å². The van der Waals surface area contributed by atoms with E-state index in [-0.39, 0.29) is 11.4 Å². The number of carbonyl (C=O) groups is 1. The summed E-state index contributed by atoms with van der Waals surface area (Å²) in [5, 5.41) is 2.25. The van der Waals surface area contributed by atoms with E-state index in [1.807, 2.05) is 0 Å². The number of carbonyl (C=O) groups excluding carboxylic acids is 1. The molecule has 82 valence electrons. The molecular weight excluding hydrogens is 265 g/mol. The highest BCUT2D eigenvalue weighted by Crippen LogP contribution is 2.29. The van der Waals surface area contributed by atoms with Crippen molar-refractivity contribution < 1.29 is 9.18 Å². The van der Waals surface area contributed by atoms with E-state index in [1.165, 1.54) is 6.07 Å². The molecule has 1 amide bonds. The Morgan fingerprint density at radius 1 is 1.40 bits per heavy atom. The van der Waals surface area contributed by atoms with Crippen molar-refractivity contribution >= 4 is 52.1 Å². The van der Waals surface area contributed by atoms with Crippen LogP contribution in [0.3, 0.4) is 0 Å². The zero-order valence-electron chi connectivity index (χ0n) is 7.23. The van der Waals surface area contributed by atoms with E-state index in [2.05, 4.69) is 5.32 Å². The molecule has 3 N–H and O–H groups in total. The molecule has 15 heavy (non-hydrogen) atoms. The van der Waals surface area contributed by atoms with Crippen molar-refractivity contribution in [3.8, 4) is 0 Å². The fraction of sp³-hybridized carbons (Fsp3) is 0.125. The van der Waals surface area contributed by atoms with Crippen LogP contribution in [0.15, 0.2) is 18.2 Å². The Bertz CT molecular complexity index is 392. The Morgan fingerprint density at radius 2 is 2.00 bits per heavy atom. The summed E-state index contributed by atoms with van der Waals surface area (Å²) in [7, 11) is 0. The molecule has 0 saturated carbocycles. The molecule has 0 fully saturated rings. The van der Waals surface area contributed by atoms with Gasteiger partial charge in [0.1, 0.15) is 5.82 Å². The number of hydrogen-bond acceptors (Lipinski definition) is 2. The zero-order chi connectivity index (χ0) is 11.6. The van der Waals surface area contributed by atoms with E-state index in [4.69, 9.17) is 40.5 Å². The molecule has 0 atom stereocenters. The first-order valence-corrected chi connectivity index (χ1v) is 4.87. The second kappa shape index (κ2) is 4.43. The number of hydrogen-bond donors (Lipinski definition) is 2. The first-order valence-electron chi connectivity index (χ1n) is 3.74. The largest absolute Gasteiger partial charge is 0.397 e. The number of alkyl halides is 3. The number of nitrogens with one attached hydrogen (secondary N) is 1. The van der Waals surface area contributed by atoms with E-state index < -0.39 is 15.5 Å². The van der Waals surface area contributed by atoms with Gasteiger partial charge in [0.2, 0.25) is 0 Å². The van der Waals surface area contributed by atoms with Crippen LogP contribution in [0.4, 0.5) is 15.8 Å². The van der Waals surface area contributed by atoms with Crippen LogP contribution in [0.5, 0.6) is 0 Å². The third-order valence-electron chi connectivity index (χ3n) is 1.52. The summed E-state index contributed by atoms with van der Waals surface area (Å²) in [5.41, 5.74) is 5.67. The van der Waals surface area contributed by atoms with Crippen LogP contribution in [-0.2, 0) is 4.79 Å². The lowest BCUT2D eigenvalue weighted by Gasteiger charge is -2.12. The van der Waals surface area contributed by atoms with E-state index in [0.29, 0.717) is 0 Å². The molecule has 0 aliphatic carbocycles. The Labute approximate surface area is 100 Å². The summed E-state index contributed by atoms with van der Waals surface area (Å²) in [6.07, 6.45) is 0. The SMILES string of the molecule is Nc1cc(F)ccc1NC(=O)C(Cl)(Cl)Cl. The Hall–Kier alpha value is -0.710. The summed E-state index contributed by atoms with van der Waals surface area (Å²) in [6, 6.07) is 3.46. The average Bonchev–Trinajstić information content (AvgIpc) is 2.08. The van der Waals surface area contributed by atoms with Gasteiger partial charge in [0, 0.05) is 0 Å². The highest BCUT2D eigenvalue weighted by atomic mass is 35.6. The van der Waals surface area contributed by atoms with Gasteiger partial charge in [-0.25, -0.2) is 4.39 Å². The van der Waals surface area contributed by atoms with Crippen molar-refractivity contribution in [1.29, 1.82) is 0 Å². The van der Waals surface area contributed by atoms with Crippen molar-refractivity contribution in [1.82, 2.24) is 0 Å². The van der Waals surface area contributed by atoms with E-state index in [1.54, 1.807) is 0 Å². The van der Waals surface area contributed by atoms with Crippen molar-refractivity contribution in [3.05, 3.63) is 24.0 Å². The van der Waals surface area contributed by atoms with Crippen LogP contribution in [0, 0.1) is 5.82 Å². The second-order valence-electron chi connectivity index (χ2n) is 2.68. The third-order valence-corrected chi connectivity index (χ3v) is 2.03. The van der Waals surface area contributed by atoms with Gasteiger partial charge in [0.15, 0.2) is 0 Å². The van der Waals surface area contributed by atoms with E-state index in [9.17, 15) is 9.18 Å². The monoisotopic (exact) mass is 270 g/mol. The van der Waals surface area contributed by atoms with Gasteiger partial charge < -0.3 is 11.1 Å². The van der Waals surface area contributed by atoms with Gasteiger partial charge in [-0.2, -0.15) is 0 Å². The van der Waals surface area contributed by atoms with Crippen LogP contribution in [-0.4, -0.2) is 9.70 Å². The minimum Gasteiger partial charge on any atom is -0.397 e. The summed E-state index contributed by atoms with van der Waals surface area (Å²) in [4.78, 5) is 11.2. The average molecular weight is 272 g/mol. The number of halogens is 4. The molecule has 3 nitrogen and oxygen atoms in total. The lowest BCUT2D eigenvalue weighted by Crippen LogP contribution is -2.27. The molecule has 0 heterocycles. The lowest BCUT2D eigenvalue weighted by molar-refractivity contribution is -0.115. The summed E-state index contributed by atoms with van der Waals surface area (Å²) in [6.45, 7) is 0. The summed E-state index contributed by atoms with van der Waals surface area (Å²) < 4.78 is 10.6. The number of anilines is 2. The fourth-order valence-corrected chi connectivity index (χ4v) is 0.982. The lowest BCUT2D eigenvalue weighted by atomic mass is 10.2. The third kappa shape index (κ3) is 3.41. The van der Waals surface area contributed by atoms with Crippen LogP contribution in [0.25, 0.3) is 0 Å². The van der Waals surface area contributed by atoms with Gasteiger partial charge >= 0.3 is 0 Å². The molecule has 1 rings (SSSR count). The number of rotatable bonds is 1. The van der Waals surface area contributed by atoms with Crippen LogP contribution >= 0.6 is 34.8 Å². The van der Waals surface area contributed by atoms with Crippen molar-refractivity contribution in [2.75, 3.05) is 11.1 Å². The summed E-state index contributed by atoms with van der Waals surface area (Å²) >= 11 is 16.0. The Morgan fingerprint density at radius 3 is 2.47 bits per heavy atom. The summed E-state index contributed by atoms with van der Waals surface area (Å²) in [5.74, 6) is -1.37. The normalized spacial score (nSPS) is 11.2. The van der Waals surface area contributed by atoms with Crippen molar-refractivity contribution in [2.45, 2.75) is 3.79 Å². The molecule has 0 aliphatic heterocycles. The second-order valence-corrected chi connectivity index (χ2v) is 4.96. The molecule has 0 radical (unpaired) electrons. The van der Waals surface area contributed by atoms with E-state index in [0.717, 1.165) is 12.1 Å². The van der Waals surface area contributed by atoms with Gasteiger partial charge in [-0.05, 0) is 18.2 Å². The maximum Gasteiger partial charge on any atom is 0.276 e. The first kappa shape index (κ1) is 12.4. The van der Waals surface area contributed by atoms with Crippen LogP contribution in [0.1, 0.15) is 0 Å². The number of amides is 1. The topological polar surface area (TPSA) is 55.1 Å². The molecule has 0 spiro atoms. The van der Waals surface area contributed by atoms with Gasteiger partial charge in [-0.3, -0.25) is 4.79 Å². The molecule has 7 heteroatoms. The highest BCUT2D eigenvalue weighted by Gasteiger charge is 2.30. The predicted molar refractivity (Wildman–Crippen MR) is 59.7 cm³/mol. The molecule has 1 aromatic carbocycles. The van der Waals surface area contributed by atoms with Gasteiger partial charge in [0.25, 0.3) is 9.70 Å². The molecular formula is C8H6Cl3FN2O. The molecule has 0 aliphatic rings. The molecule has 0 bridgehead atoms. The molecule has 0 unspecified atom stereocenters. The fourth-order valence-electron chi connectivity index (χ4n) is 0.841. The van der Waals surface area contributed by atoms with Crippen LogP contribution in [0.2, 0.25) is 0 Å². The van der Waals surface area contributed by atoms with Gasteiger partial charge in [0.05, 0.1) is 11.4 Å². The minimum absolute atomic E-state index is 0.0533. The number of nitrogens with two attached hydrogens (primary N) is 1. The van der Waals surface area contributed by atoms with Crippen molar-refractivity contribution in [3.63, 3.8) is 0 Å². The predicted octanol–water partition coefficient (Wildman–Crippen LogP) is 2.72. The van der Waals surface area contributed by atoms with Crippen LogP contribution < -0.4 is 11.1 Å². The van der Waals surface area contributed by atoms with E-state index >= 15 is 0 Å². The zero-order valence-corrected chi connectivity index (χ0v) is 9.50. The molecule has 0 saturated heterocycles. The number of benzene rings is 1. The maximum absolute atomic E-state index is 12.6. The van der Waals surface area contributed by atoms with Gasteiger partial charge in [-0.1, -0.05) is 34.8 Å².